The lowest BCUT2D eigenvalue weighted by molar-refractivity contribution is -0.0849. The quantitative estimate of drug-likeness (QED) is 0.192. The minimum atomic E-state index is -4.19. The Morgan fingerprint density at radius 1 is 1.00 bits per heavy atom. The van der Waals surface area contributed by atoms with Crippen molar-refractivity contribution in [2.75, 3.05) is 25.6 Å². The van der Waals surface area contributed by atoms with Gasteiger partial charge in [-0.25, -0.2) is 9.97 Å². The average Bonchev–Trinajstić information content (AvgIpc) is 2.87. The van der Waals surface area contributed by atoms with Crippen LogP contribution in [0.4, 0.5) is 5.95 Å². The van der Waals surface area contributed by atoms with Crippen molar-refractivity contribution in [2.45, 2.75) is 32.0 Å². The van der Waals surface area contributed by atoms with E-state index in [-0.39, 0.29) is 19.8 Å². The molecule has 0 aliphatic rings. The summed E-state index contributed by atoms with van der Waals surface area (Å²) in [5.41, 5.74) is 2.94. The summed E-state index contributed by atoms with van der Waals surface area (Å²) in [5, 5.41) is 1.85. The van der Waals surface area contributed by atoms with Crippen LogP contribution < -0.4 is 10.1 Å². The molecule has 3 aromatic rings. The van der Waals surface area contributed by atoms with Gasteiger partial charge in [-0.2, -0.15) is 8.42 Å². The smallest absolute Gasteiger partial charge is 0.271 e. The van der Waals surface area contributed by atoms with Crippen molar-refractivity contribution in [3.63, 3.8) is 0 Å². The number of aromatic nitrogens is 2. The summed E-state index contributed by atoms with van der Waals surface area (Å²) in [6, 6.07) is 14.6. The highest BCUT2D eigenvalue weighted by atomic mass is 32.2. The minimum absolute atomic E-state index is 0.196. The second kappa shape index (κ2) is 13.1. The van der Waals surface area contributed by atoms with E-state index in [4.69, 9.17) is 14.2 Å². The Morgan fingerprint density at radius 3 is 2.42 bits per heavy atom. The Labute approximate surface area is 211 Å². The summed E-state index contributed by atoms with van der Waals surface area (Å²) < 4.78 is 49.8. The molecule has 1 aromatic heterocycles. The van der Waals surface area contributed by atoms with Crippen LogP contribution in [0.2, 0.25) is 0 Å². The van der Waals surface area contributed by atoms with Gasteiger partial charge in [-0.15, -0.1) is 0 Å². The molecule has 3 rings (SSSR count). The van der Waals surface area contributed by atoms with Crippen LogP contribution in [0.3, 0.4) is 0 Å². The number of hydrogen-bond donors (Lipinski definition) is 2. The molecule has 192 valence electrons. The van der Waals surface area contributed by atoms with Crippen LogP contribution in [0, 0.1) is 0 Å². The van der Waals surface area contributed by atoms with Crippen LogP contribution in [0.25, 0.3) is 12.2 Å². The Kier molecular flexibility index (Phi) is 9.95. The van der Waals surface area contributed by atoms with Crippen LogP contribution >= 0.6 is 0 Å². The molecule has 0 saturated heterocycles. The highest BCUT2D eigenvalue weighted by Gasteiger charge is 2.22. The molecule has 0 fully saturated rings. The Balaban J connectivity index is 1.48. The molecular formula is C26H31N3O6S. The van der Waals surface area contributed by atoms with E-state index in [0.29, 0.717) is 22.8 Å². The standard InChI is InChI=1S/C26H31N3O6S/c1-19(36(30,31)32)24-10-6-4-9-23(24)18-33-14-15-34-20(2)35-25-11-7-5-8-22(25)13-12-21-16-28-26(27-3)29-17-21/h4-13,16-17,19-20H,14-15,18H2,1-3H3,(H,27,28,29)(H,30,31,32)/b13-12+. The van der Waals surface area contributed by atoms with Crippen molar-refractivity contribution < 1.29 is 27.2 Å². The van der Waals surface area contributed by atoms with Gasteiger partial charge >= 0.3 is 0 Å². The van der Waals surface area contributed by atoms with Gasteiger partial charge < -0.3 is 19.5 Å². The first-order valence-electron chi connectivity index (χ1n) is 11.4. The Morgan fingerprint density at radius 2 is 1.69 bits per heavy atom. The predicted molar refractivity (Wildman–Crippen MR) is 139 cm³/mol. The molecule has 2 N–H and O–H groups in total. The maximum absolute atomic E-state index is 11.5. The SMILES string of the molecule is CNc1ncc(/C=C/c2ccccc2OC(C)OCCOCc2ccccc2C(C)S(=O)(=O)O)cn1. The van der Waals surface area contributed by atoms with E-state index in [9.17, 15) is 13.0 Å². The highest BCUT2D eigenvalue weighted by molar-refractivity contribution is 7.86. The van der Waals surface area contributed by atoms with E-state index in [1.165, 1.54) is 6.92 Å². The molecule has 9 nitrogen and oxygen atoms in total. The lowest BCUT2D eigenvalue weighted by Crippen LogP contribution is -2.19. The van der Waals surface area contributed by atoms with Crippen molar-refractivity contribution in [3.8, 4) is 5.75 Å². The largest absolute Gasteiger partial charge is 0.465 e. The minimum Gasteiger partial charge on any atom is -0.465 e. The van der Waals surface area contributed by atoms with E-state index in [0.717, 1.165) is 11.1 Å². The summed E-state index contributed by atoms with van der Waals surface area (Å²) in [4.78, 5) is 8.40. The van der Waals surface area contributed by atoms with Crippen LogP contribution in [0.5, 0.6) is 5.75 Å². The summed E-state index contributed by atoms with van der Waals surface area (Å²) in [5.74, 6) is 1.23. The van der Waals surface area contributed by atoms with E-state index < -0.39 is 21.7 Å². The van der Waals surface area contributed by atoms with Gasteiger partial charge in [0.25, 0.3) is 10.1 Å². The number of rotatable bonds is 13. The van der Waals surface area contributed by atoms with E-state index >= 15 is 0 Å². The highest BCUT2D eigenvalue weighted by Crippen LogP contribution is 2.25. The van der Waals surface area contributed by atoms with Crippen LogP contribution in [0.15, 0.2) is 60.9 Å². The van der Waals surface area contributed by atoms with Gasteiger partial charge in [-0.05, 0) is 31.0 Å². The average molecular weight is 514 g/mol. The van der Waals surface area contributed by atoms with Gasteiger partial charge in [-0.3, -0.25) is 4.55 Å². The number of ether oxygens (including phenoxy) is 3. The molecule has 2 aromatic carbocycles. The maximum atomic E-state index is 11.5. The van der Waals surface area contributed by atoms with Crippen LogP contribution in [-0.2, 0) is 26.2 Å². The number of hydrogen-bond acceptors (Lipinski definition) is 8. The first-order chi connectivity index (χ1) is 17.3. The van der Waals surface area contributed by atoms with Crippen molar-refractivity contribution in [3.05, 3.63) is 83.2 Å². The molecule has 0 aliphatic carbocycles. The third kappa shape index (κ3) is 8.13. The number of para-hydroxylation sites is 1. The number of anilines is 1. The van der Waals surface area contributed by atoms with Gasteiger partial charge in [0.1, 0.15) is 11.0 Å². The third-order valence-corrected chi connectivity index (χ3v) is 6.49. The van der Waals surface area contributed by atoms with Crippen molar-refractivity contribution >= 4 is 28.2 Å². The lowest BCUT2D eigenvalue weighted by atomic mass is 10.1. The zero-order valence-electron chi connectivity index (χ0n) is 20.5. The Hall–Kier alpha value is -3.31. The van der Waals surface area contributed by atoms with Gasteiger partial charge in [0.05, 0.1) is 19.8 Å². The van der Waals surface area contributed by atoms with Crippen molar-refractivity contribution in [1.29, 1.82) is 0 Å². The van der Waals surface area contributed by atoms with Crippen LogP contribution in [-0.4, -0.2) is 49.5 Å². The zero-order valence-corrected chi connectivity index (χ0v) is 21.3. The summed E-state index contributed by atoms with van der Waals surface area (Å²) >= 11 is 0. The third-order valence-electron chi connectivity index (χ3n) is 5.34. The van der Waals surface area contributed by atoms with Crippen LogP contribution in [0.1, 0.15) is 41.4 Å². The summed E-state index contributed by atoms with van der Waals surface area (Å²) in [6.07, 6.45) is 6.77. The predicted octanol–water partition coefficient (Wildman–Crippen LogP) is 4.60. The Bertz CT molecular complexity index is 1250. The molecule has 2 atom stereocenters. The summed E-state index contributed by atoms with van der Waals surface area (Å²) in [7, 11) is -2.43. The topological polar surface area (TPSA) is 120 Å². The van der Waals surface area contributed by atoms with E-state index in [2.05, 4.69) is 15.3 Å². The van der Waals surface area contributed by atoms with Crippen molar-refractivity contribution in [1.82, 2.24) is 9.97 Å². The second-order valence-electron chi connectivity index (χ2n) is 7.93. The molecule has 0 saturated carbocycles. The molecule has 1 heterocycles. The monoisotopic (exact) mass is 513 g/mol. The van der Waals surface area contributed by atoms with E-state index in [1.54, 1.807) is 50.6 Å². The molecule has 0 bridgehead atoms. The number of benzene rings is 2. The lowest BCUT2D eigenvalue weighted by Gasteiger charge is -2.17. The summed E-state index contributed by atoms with van der Waals surface area (Å²) in [6.45, 7) is 4.00. The van der Waals surface area contributed by atoms with Gasteiger partial charge in [0.2, 0.25) is 5.95 Å². The first kappa shape index (κ1) is 27.3. The van der Waals surface area contributed by atoms with Gasteiger partial charge in [-0.1, -0.05) is 54.6 Å². The maximum Gasteiger partial charge on any atom is 0.271 e. The van der Waals surface area contributed by atoms with Crippen molar-refractivity contribution in [2.24, 2.45) is 0 Å². The molecule has 0 amide bonds. The van der Waals surface area contributed by atoms with Gasteiger partial charge in [0, 0.05) is 30.6 Å². The zero-order chi connectivity index (χ0) is 26.0. The first-order valence-corrected chi connectivity index (χ1v) is 12.9. The molecule has 2 unspecified atom stereocenters. The molecule has 0 spiro atoms. The number of nitrogens with one attached hydrogen (secondary N) is 1. The molecule has 0 radical (unpaired) electrons. The normalized spacial score (nSPS) is 13.4. The fourth-order valence-corrected chi connectivity index (χ4v) is 3.91. The fraction of sp³-hybridized carbons (Fsp3) is 0.308. The molecule has 36 heavy (non-hydrogen) atoms. The number of nitrogens with zero attached hydrogens (tertiary/aromatic N) is 2. The molecule has 10 heteroatoms. The molecule has 0 aliphatic heterocycles. The second-order valence-corrected chi connectivity index (χ2v) is 9.66. The molecular weight excluding hydrogens is 482 g/mol. The van der Waals surface area contributed by atoms with Gasteiger partial charge in [0.15, 0.2) is 6.29 Å². The van der Waals surface area contributed by atoms with E-state index in [1.807, 2.05) is 36.4 Å². The fourth-order valence-electron chi connectivity index (χ4n) is 3.36.